The predicted octanol–water partition coefficient (Wildman–Crippen LogP) is 2.22. The van der Waals surface area contributed by atoms with Crippen molar-refractivity contribution in [3.05, 3.63) is 17.9 Å². The van der Waals surface area contributed by atoms with Crippen LogP contribution in [0.25, 0.3) is 0 Å². The van der Waals surface area contributed by atoms with Gasteiger partial charge in [-0.25, -0.2) is 8.42 Å². The Morgan fingerprint density at radius 3 is 2.15 bits per heavy atom. The Morgan fingerprint density at radius 2 is 1.59 bits per heavy atom. The maximum atomic E-state index is 12.7. The average molecular weight is 399 g/mol. The smallest absolute Gasteiger partial charge is 0.276 e. The SMILES string of the molecule is O=S(=O)(c1ccc(CN(C[C@H]2CCCO2)C[C@@H]2CCCO2)o1)N1CCCC1. The van der Waals surface area contributed by atoms with Crippen molar-refractivity contribution in [2.24, 2.45) is 0 Å². The molecule has 4 rings (SSSR count). The number of hydrogen-bond acceptors (Lipinski definition) is 6. The maximum absolute atomic E-state index is 12.7. The van der Waals surface area contributed by atoms with Crippen molar-refractivity contribution in [3.63, 3.8) is 0 Å². The summed E-state index contributed by atoms with van der Waals surface area (Å²) in [7, 11) is -3.50. The van der Waals surface area contributed by atoms with Gasteiger partial charge >= 0.3 is 0 Å². The molecular formula is C19H30N2O5S. The average Bonchev–Trinajstić information content (AvgIpc) is 3.43. The molecule has 7 nitrogen and oxygen atoms in total. The van der Waals surface area contributed by atoms with Crippen LogP contribution in [-0.4, -0.2) is 69.2 Å². The largest absolute Gasteiger partial charge is 0.447 e. The number of sulfonamides is 1. The molecule has 4 heterocycles. The molecule has 3 fully saturated rings. The fraction of sp³-hybridized carbons (Fsp3) is 0.789. The Kier molecular flexibility index (Phi) is 6.18. The number of ether oxygens (including phenoxy) is 2. The first-order valence-electron chi connectivity index (χ1n) is 10.2. The van der Waals surface area contributed by atoms with E-state index < -0.39 is 10.0 Å². The van der Waals surface area contributed by atoms with E-state index in [9.17, 15) is 8.42 Å². The summed E-state index contributed by atoms with van der Waals surface area (Å²) in [4.78, 5) is 2.29. The van der Waals surface area contributed by atoms with E-state index in [-0.39, 0.29) is 17.3 Å². The van der Waals surface area contributed by atoms with Crippen LogP contribution < -0.4 is 0 Å². The molecule has 1 aromatic heterocycles. The summed E-state index contributed by atoms with van der Waals surface area (Å²) in [5, 5.41) is 0.0635. The van der Waals surface area contributed by atoms with E-state index in [0.29, 0.717) is 25.4 Å². The van der Waals surface area contributed by atoms with Crippen LogP contribution in [0.2, 0.25) is 0 Å². The zero-order valence-electron chi connectivity index (χ0n) is 15.8. The molecule has 0 aliphatic carbocycles. The van der Waals surface area contributed by atoms with Crippen LogP contribution >= 0.6 is 0 Å². The van der Waals surface area contributed by atoms with E-state index in [4.69, 9.17) is 13.9 Å². The molecule has 0 amide bonds. The van der Waals surface area contributed by atoms with Gasteiger partial charge in [0.2, 0.25) is 5.09 Å². The number of hydrogen-bond donors (Lipinski definition) is 0. The first-order chi connectivity index (χ1) is 13.1. The van der Waals surface area contributed by atoms with Crippen molar-refractivity contribution in [3.8, 4) is 0 Å². The highest BCUT2D eigenvalue weighted by molar-refractivity contribution is 7.89. The van der Waals surface area contributed by atoms with E-state index in [0.717, 1.165) is 64.8 Å². The van der Waals surface area contributed by atoms with Gasteiger partial charge < -0.3 is 13.9 Å². The van der Waals surface area contributed by atoms with E-state index in [2.05, 4.69) is 4.90 Å². The monoisotopic (exact) mass is 398 g/mol. The van der Waals surface area contributed by atoms with Gasteiger partial charge in [0.25, 0.3) is 10.0 Å². The van der Waals surface area contributed by atoms with Crippen LogP contribution in [-0.2, 0) is 26.0 Å². The van der Waals surface area contributed by atoms with Crippen LogP contribution in [0.4, 0.5) is 0 Å². The first kappa shape index (κ1) is 19.4. The third kappa shape index (κ3) is 4.74. The summed E-state index contributed by atoms with van der Waals surface area (Å²) in [6, 6.07) is 3.39. The number of rotatable bonds is 8. The molecule has 0 saturated carbocycles. The second-order valence-corrected chi connectivity index (χ2v) is 9.66. The molecule has 1 aromatic rings. The first-order valence-corrected chi connectivity index (χ1v) is 11.6. The highest BCUT2D eigenvalue weighted by atomic mass is 32.2. The van der Waals surface area contributed by atoms with Crippen LogP contribution in [0, 0.1) is 0 Å². The topological polar surface area (TPSA) is 72.2 Å². The van der Waals surface area contributed by atoms with Gasteiger partial charge in [-0.1, -0.05) is 0 Å². The number of nitrogens with zero attached hydrogens (tertiary/aromatic N) is 2. The van der Waals surface area contributed by atoms with Crippen molar-refractivity contribution < 1.29 is 22.3 Å². The second-order valence-electron chi connectivity index (χ2n) is 7.80. The lowest BCUT2D eigenvalue weighted by molar-refractivity contribution is 0.0318. The summed E-state index contributed by atoms with van der Waals surface area (Å²) in [6.45, 7) is 5.07. The molecule has 27 heavy (non-hydrogen) atoms. The molecule has 0 spiro atoms. The van der Waals surface area contributed by atoms with Gasteiger partial charge in [-0.2, -0.15) is 4.31 Å². The van der Waals surface area contributed by atoms with Gasteiger partial charge in [0.05, 0.1) is 18.8 Å². The van der Waals surface area contributed by atoms with Crippen LogP contribution in [0.3, 0.4) is 0 Å². The number of furan rings is 1. The van der Waals surface area contributed by atoms with Crippen molar-refractivity contribution in [2.75, 3.05) is 39.4 Å². The maximum Gasteiger partial charge on any atom is 0.276 e. The molecule has 8 heteroatoms. The van der Waals surface area contributed by atoms with Gasteiger partial charge in [-0.3, -0.25) is 4.90 Å². The van der Waals surface area contributed by atoms with Crippen LogP contribution in [0.1, 0.15) is 44.3 Å². The molecule has 0 bridgehead atoms. The molecule has 3 aliphatic heterocycles. The van der Waals surface area contributed by atoms with Crippen molar-refractivity contribution >= 4 is 10.0 Å². The molecule has 0 aromatic carbocycles. The molecular weight excluding hydrogens is 368 g/mol. The fourth-order valence-electron chi connectivity index (χ4n) is 4.21. The van der Waals surface area contributed by atoms with E-state index >= 15 is 0 Å². The Hall–Kier alpha value is -0.930. The Balaban J connectivity index is 1.42. The highest BCUT2D eigenvalue weighted by Gasteiger charge is 2.30. The van der Waals surface area contributed by atoms with E-state index in [1.54, 1.807) is 12.1 Å². The van der Waals surface area contributed by atoms with Gasteiger partial charge in [0.15, 0.2) is 0 Å². The quantitative estimate of drug-likeness (QED) is 0.669. The molecule has 3 saturated heterocycles. The molecule has 3 aliphatic rings. The van der Waals surface area contributed by atoms with E-state index in [1.165, 1.54) is 4.31 Å². The lowest BCUT2D eigenvalue weighted by atomic mass is 10.2. The van der Waals surface area contributed by atoms with Gasteiger partial charge in [-0.15, -0.1) is 0 Å². The summed E-state index contributed by atoms with van der Waals surface area (Å²) in [5.41, 5.74) is 0. The minimum absolute atomic E-state index is 0.0635. The van der Waals surface area contributed by atoms with Crippen LogP contribution in [0.15, 0.2) is 21.6 Å². The third-order valence-electron chi connectivity index (χ3n) is 5.65. The Bertz CT molecular complexity index is 683. The van der Waals surface area contributed by atoms with Gasteiger partial charge in [0.1, 0.15) is 5.76 Å². The summed E-state index contributed by atoms with van der Waals surface area (Å²) in [6.07, 6.45) is 6.70. The minimum atomic E-state index is -3.50. The van der Waals surface area contributed by atoms with Crippen LogP contribution in [0.5, 0.6) is 0 Å². The second kappa shape index (κ2) is 8.61. The van der Waals surface area contributed by atoms with E-state index in [1.807, 2.05) is 0 Å². The lowest BCUT2D eigenvalue weighted by Crippen LogP contribution is -2.37. The normalized spacial score (nSPS) is 27.1. The van der Waals surface area contributed by atoms with Crippen molar-refractivity contribution in [2.45, 2.75) is 62.4 Å². The van der Waals surface area contributed by atoms with Crippen molar-refractivity contribution in [1.82, 2.24) is 9.21 Å². The predicted molar refractivity (Wildman–Crippen MR) is 99.9 cm³/mol. The molecule has 0 unspecified atom stereocenters. The zero-order valence-corrected chi connectivity index (χ0v) is 16.7. The zero-order chi connectivity index (χ0) is 18.7. The lowest BCUT2D eigenvalue weighted by Gasteiger charge is -2.26. The molecule has 0 radical (unpaired) electrons. The molecule has 152 valence electrons. The highest BCUT2D eigenvalue weighted by Crippen LogP contribution is 2.24. The van der Waals surface area contributed by atoms with Gasteiger partial charge in [-0.05, 0) is 50.7 Å². The molecule has 0 N–H and O–H groups in total. The Labute approximate surface area is 161 Å². The molecule has 2 atom stereocenters. The minimum Gasteiger partial charge on any atom is -0.447 e. The third-order valence-corrected chi connectivity index (χ3v) is 7.42. The summed E-state index contributed by atoms with van der Waals surface area (Å²) < 4.78 is 44.2. The van der Waals surface area contributed by atoms with Gasteiger partial charge in [0, 0.05) is 39.4 Å². The summed E-state index contributed by atoms with van der Waals surface area (Å²) >= 11 is 0. The Morgan fingerprint density at radius 1 is 0.963 bits per heavy atom. The summed E-state index contributed by atoms with van der Waals surface area (Å²) in [5.74, 6) is 0.684. The standard InChI is InChI=1S/C19H30N2O5S/c22-27(23,21-9-1-2-10-21)19-8-7-18(26-19)15-20(13-16-5-3-11-24-16)14-17-6-4-12-25-17/h7-8,16-17H,1-6,9-15H2/t16-,17+. The fourth-order valence-corrected chi connectivity index (χ4v) is 5.66. The van der Waals surface area contributed by atoms with Crippen molar-refractivity contribution in [1.29, 1.82) is 0 Å².